The molecule has 2 N–H and O–H groups in total. The second kappa shape index (κ2) is 5.64. The summed E-state index contributed by atoms with van der Waals surface area (Å²) in [5.41, 5.74) is 0.120. The molecule has 0 bridgehead atoms. The third-order valence-corrected chi connectivity index (χ3v) is 2.98. The van der Waals surface area contributed by atoms with Crippen molar-refractivity contribution in [2.45, 2.75) is 25.3 Å². The summed E-state index contributed by atoms with van der Waals surface area (Å²) in [6.07, 6.45) is 2.10. The number of carbonyl (C=O) groups is 2. The van der Waals surface area contributed by atoms with Crippen molar-refractivity contribution in [2.75, 3.05) is 12.4 Å². The Hall–Kier alpha value is -2.18. The average Bonchev–Trinajstić information content (AvgIpc) is 3.21. The first kappa shape index (κ1) is 13.3. The smallest absolute Gasteiger partial charge is 0.358 e. The Bertz CT molecular complexity index is 470. The molecule has 1 heterocycles. The molecule has 102 valence electrons. The van der Waals surface area contributed by atoms with Gasteiger partial charge in [-0.25, -0.2) is 4.79 Å². The fourth-order valence-corrected chi connectivity index (χ4v) is 1.83. The van der Waals surface area contributed by atoms with E-state index in [1.54, 1.807) is 6.07 Å². The summed E-state index contributed by atoms with van der Waals surface area (Å²) in [7, 11) is 1.27. The zero-order chi connectivity index (χ0) is 13.8. The highest BCUT2D eigenvalue weighted by molar-refractivity contribution is 5.86. The molecule has 2 rings (SSSR count). The molecule has 1 aromatic rings. The average molecular weight is 265 g/mol. The number of carbonyl (C=O) groups excluding carboxylic acids is 1. The molecule has 1 fully saturated rings. The Morgan fingerprint density at radius 3 is 2.68 bits per heavy atom. The summed E-state index contributed by atoms with van der Waals surface area (Å²) >= 11 is 0. The monoisotopic (exact) mass is 265 g/mol. The third-order valence-electron chi connectivity index (χ3n) is 2.98. The first-order valence-electron chi connectivity index (χ1n) is 6.00. The van der Waals surface area contributed by atoms with Gasteiger partial charge in [0.05, 0.1) is 13.5 Å². The number of methoxy groups -OCH3 is 1. The van der Waals surface area contributed by atoms with Crippen LogP contribution in [0.15, 0.2) is 12.1 Å². The fraction of sp³-hybridized carbons (Fsp3) is 0.500. The van der Waals surface area contributed by atoms with Crippen molar-refractivity contribution >= 4 is 17.8 Å². The summed E-state index contributed by atoms with van der Waals surface area (Å²) in [5, 5.41) is 19.5. The molecule has 1 aliphatic rings. The number of esters is 1. The van der Waals surface area contributed by atoms with Crippen molar-refractivity contribution < 1.29 is 19.4 Å². The summed E-state index contributed by atoms with van der Waals surface area (Å²) in [5.74, 6) is -0.559. The van der Waals surface area contributed by atoms with Crippen LogP contribution in [0.5, 0.6) is 0 Å². The Morgan fingerprint density at radius 1 is 1.47 bits per heavy atom. The van der Waals surface area contributed by atoms with Gasteiger partial charge in [-0.05, 0) is 30.9 Å². The van der Waals surface area contributed by atoms with Crippen LogP contribution in [-0.4, -0.2) is 40.4 Å². The van der Waals surface area contributed by atoms with E-state index in [9.17, 15) is 9.59 Å². The lowest BCUT2D eigenvalue weighted by Crippen LogP contribution is -2.26. The number of hydrogen-bond acceptors (Lipinski definition) is 6. The SMILES string of the molecule is COC(=O)c1ccc(NC(CC(=O)O)C2CC2)nn1. The Kier molecular flexibility index (Phi) is 3.94. The van der Waals surface area contributed by atoms with E-state index in [-0.39, 0.29) is 18.2 Å². The Labute approximate surface area is 110 Å². The number of nitrogens with zero attached hydrogens (tertiary/aromatic N) is 2. The minimum absolute atomic E-state index is 0.0467. The van der Waals surface area contributed by atoms with Gasteiger partial charge in [-0.15, -0.1) is 10.2 Å². The summed E-state index contributed by atoms with van der Waals surface area (Å²) in [6, 6.07) is 2.94. The maximum absolute atomic E-state index is 11.2. The van der Waals surface area contributed by atoms with E-state index in [1.165, 1.54) is 13.2 Å². The Morgan fingerprint density at radius 2 is 2.21 bits per heavy atom. The highest BCUT2D eigenvalue weighted by Crippen LogP contribution is 2.35. The van der Waals surface area contributed by atoms with E-state index in [1.807, 2.05) is 0 Å². The molecule has 1 atom stereocenters. The predicted molar refractivity (Wildman–Crippen MR) is 65.8 cm³/mol. The number of nitrogens with one attached hydrogen (secondary N) is 1. The molecule has 7 heteroatoms. The normalized spacial score (nSPS) is 15.6. The minimum atomic E-state index is -0.844. The van der Waals surface area contributed by atoms with E-state index < -0.39 is 11.9 Å². The molecular weight excluding hydrogens is 250 g/mol. The van der Waals surface area contributed by atoms with Crippen LogP contribution in [0, 0.1) is 5.92 Å². The van der Waals surface area contributed by atoms with Crippen molar-refractivity contribution in [1.82, 2.24) is 10.2 Å². The van der Waals surface area contributed by atoms with E-state index in [0.717, 1.165) is 12.8 Å². The number of ether oxygens (including phenoxy) is 1. The van der Waals surface area contributed by atoms with Crippen LogP contribution in [0.1, 0.15) is 29.8 Å². The molecule has 1 aliphatic carbocycles. The quantitative estimate of drug-likeness (QED) is 0.737. The maximum Gasteiger partial charge on any atom is 0.358 e. The number of aliphatic carboxylic acids is 1. The van der Waals surface area contributed by atoms with E-state index >= 15 is 0 Å². The number of anilines is 1. The molecule has 0 spiro atoms. The van der Waals surface area contributed by atoms with E-state index in [0.29, 0.717) is 11.7 Å². The highest BCUT2D eigenvalue weighted by Gasteiger charge is 2.32. The van der Waals surface area contributed by atoms with Crippen LogP contribution in [0.25, 0.3) is 0 Å². The molecule has 0 aromatic carbocycles. The highest BCUT2D eigenvalue weighted by atomic mass is 16.5. The van der Waals surface area contributed by atoms with Crippen molar-refractivity contribution in [3.05, 3.63) is 17.8 Å². The lowest BCUT2D eigenvalue weighted by molar-refractivity contribution is -0.137. The minimum Gasteiger partial charge on any atom is -0.481 e. The Balaban J connectivity index is 2.01. The molecular formula is C12H15N3O4. The molecule has 0 amide bonds. The molecule has 0 saturated heterocycles. The molecule has 0 aliphatic heterocycles. The second-order valence-corrected chi connectivity index (χ2v) is 4.48. The molecule has 1 aromatic heterocycles. The molecule has 1 unspecified atom stereocenters. The van der Waals surface area contributed by atoms with Crippen LogP contribution in [0.3, 0.4) is 0 Å². The van der Waals surface area contributed by atoms with Crippen LogP contribution in [0.2, 0.25) is 0 Å². The lowest BCUT2D eigenvalue weighted by atomic mass is 10.1. The van der Waals surface area contributed by atoms with Crippen LogP contribution >= 0.6 is 0 Å². The zero-order valence-electron chi connectivity index (χ0n) is 10.5. The summed E-state index contributed by atoms with van der Waals surface area (Å²) in [6.45, 7) is 0. The van der Waals surface area contributed by atoms with Gasteiger partial charge in [-0.3, -0.25) is 4.79 Å². The van der Waals surface area contributed by atoms with Gasteiger partial charge in [0.25, 0.3) is 0 Å². The van der Waals surface area contributed by atoms with Crippen LogP contribution in [-0.2, 0) is 9.53 Å². The molecule has 0 radical (unpaired) electrons. The molecule has 19 heavy (non-hydrogen) atoms. The van der Waals surface area contributed by atoms with Crippen LogP contribution in [0.4, 0.5) is 5.82 Å². The number of hydrogen-bond donors (Lipinski definition) is 2. The number of aromatic nitrogens is 2. The molecule has 7 nitrogen and oxygen atoms in total. The van der Waals surface area contributed by atoms with Gasteiger partial charge in [0.2, 0.25) is 0 Å². The lowest BCUT2D eigenvalue weighted by Gasteiger charge is -2.16. The zero-order valence-corrected chi connectivity index (χ0v) is 10.5. The maximum atomic E-state index is 11.2. The van der Waals surface area contributed by atoms with Gasteiger partial charge >= 0.3 is 11.9 Å². The third kappa shape index (κ3) is 3.64. The fourth-order valence-electron chi connectivity index (χ4n) is 1.83. The predicted octanol–water partition coefficient (Wildman–Crippen LogP) is 0.928. The number of carboxylic acid groups (broad SMARTS) is 1. The standard InChI is InChI=1S/C12H15N3O4/c1-19-12(18)8-4-5-10(15-14-8)13-9(6-11(16)17)7-2-3-7/h4-5,7,9H,2-3,6H2,1H3,(H,13,15)(H,16,17). The topological polar surface area (TPSA) is 101 Å². The first-order chi connectivity index (χ1) is 9.10. The summed E-state index contributed by atoms with van der Waals surface area (Å²) < 4.78 is 4.52. The van der Waals surface area contributed by atoms with Crippen molar-refractivity contribution in [3.8, 4) is 0 Å². The van der Waals surface area contributed by atoms with Crippen LogP contribution < -0.4 is 5.32 Å². The number of carboxylic acids is 1. The van der Waals surface area contributed by atoms with Gasteiger partial charge in [0.1, 0.15) is 5.82 Å². The van der Waals surface area contributed by atoms with Crippen molar-refractivity contribution in [3.63, 3.8) is 0 Å². The van der Waals surface area contributed by atoms with Gasteiger partial charge in [-0.2, -0.15) is 0 Å². The van der Waals surface area contributed by atoms with Crippen molar-refractivity contribution in [1.29, 1.82) is 0 Å². The van der Waals surface area contributed by atoms with Gasteiger partial charge < -0.3 is 15.2 Å². The second-order valence-electron chi connectivity index (χ2n) is 4.48. The van der Waals surface area contributed by atoms with Crippen molar-refractivity contribution in [2.24, 2.45) is 5.92 Å². The summed E-state index contributed by atoms with van der Waals surface area (Å²) in [4.78, 5) is 22.0. The first-order valence-corrected chi connectivity index (χ1v) is 6.00. The number of rotatable bonds is 6. The largest absolute Gasteiger partial charge is 0.481 e. The van der Waals surface area contributed by atoms with E-state index in [2.05, 4.69) is 20.3 Å². The van der Waals surface area contributed by atoms with Gasteiger partial charge in [0.15, 0.2) is 5.69 Å². The van der Waals surface area contributed by atoms with Gasteiger partial charge in [-0.1, -0.05) is 0 Å². The van der Waals surface area contributed by atoms with E-state index in [4.69, 9.17) is 5.11 Å². The molecule has 1 saturated carbocycles. The van der Waals surface area contributed by atoms with Gasteiger partial charge in [0, 0.05) is 6.04 Å².